The third-order valence-corrected chi connectivity index (χ3v) is 10.2. The summed E-state index contributed by atoms with van der Waals surface area (Å²) in [6, 6.07) is 3.17. The molecule has 4 rings (SSSR count). The summed E-state index contributed by atoms with van der Waals surface area (Å²) < 4.78 is 4.94. The summed E-state index contributed by atoms with van der Waals surface area (Å²) in [4.78, 5) is 80.3. The lowest BCUT2D eigenvalue weighted by Crippen LogP contribution is -2.81. The highest BCUT2D eigenvalue weighted by Crippen LogP contribution is 2.66. The number of aryl methyl sites for hydroxylation is 1. The molecule has 0 aliphatic heterocycles. The lowest BCUT2D eigenvalue weighted by atomic mass is 9.37. The fourth-order valence-electron chi connectivity index (χ4n) is 8.07. The van der Waals surface area contributed by atoms with E-state index >= 15 is 0 Å². The second kappa shape index (κ2) is 9.94. The summed E-state index contributed by atoms with van der Waals surface area (Å²) in [6.07, 6.45) is -1.72. The predicted octanol–water partition coefficient (Wildman–Crippen LogP) is 2.12. The van der Waals surface area contributed by atoms with Crippen LogP contribution in [0.4, 0.5) is 0 Å². The van der Waals surface area contributed by atoms with Crippen LogP contribution in [0.5, 0.6) is 5.75 Å². The molecular formula is C31H38O10. The monoisotopic (exact) mass is 570 g/mol. The zero-order valence-corrected chi connectivity index (χ0v) is 24.4. The summed E-state index contributed by atoms with van der Waals surface area (Å²) in [5, 5.41) is 35.4. The largest absolute Gasteiger partial charge is 0.507 e. The minimum atomic E-state index is -3.01. The van der Waals surface area contributed by atoms with Crippen LogP contribution < -0.4 is 0 Å². The van der Waals surface area contributed by atoms with Gasteiger partial charge in [-0.3, -0.25) is 28.8 Å². The van der Waals surface area contributed by atoms with Crippen molar-refractivity contribution in [1.82, 2.24) is 0 Å². The first-order chi connectivity index (χ1) is 18.9. The van der Waals surface area contributed by atoms with E-state index < -0.39 is 92.8 Å². The van der Waals surface area contributed by atoms with E-state index in [0.717, 1.165) is 6.92 Å². The minimum Gasteiger partial charge on any atom is -0.507 e. The molecule has 2 fully saturated rings. The zero-order chi connectivity index (χ0) is 31.0. The van der Waals surface area contributed by atoms with Gasteiger partial charge in [0.25, 0.3) is 0 Å². The fraction of sp³-hybridized carbons (Fsp3) is 0.613. The van der Waals surface area contributed by atoms with Crippen molar-refractivity contribution in [1.29, 1.82) is 0 Å². The van der Waals surface area contributed by atoms with Gasteiger partial charge in [0, 0.05) is 23.2 Å². The molecule has 0 amide bonds. The number of phenolic OH excluding ortho intramolecular Hbond substituents is 1. The molecule has 8 atom stereocenters. The Hall–Kier alpha value is -3.24. The molecule has 2 saturated carbocycles. The number of carbonyl (C=O) groups is 6. The molecule has 1 aromatic rings. The Bertz CT molecular complexity index is 1380. The van der Waals surface area contributed by atoms with Crippen molar-refractivity contribution in [2.24, 2.45) is 34.5 Å². The minimum absolute atomic E-state index is 0.0527. The molecule has 0 radical (unpaired) electrons. The number of rotatable bonds is 6. The van der Waals surface area contributed by atoms with Crippen LogP contribution in [-0.2, 0) is 35.1 Å². The third kappa shape index (κ3) is 3.75. The van der Waals surface area contributed by atoms with Crippen LogP contribution in [0.15, 0.2) is 12.1 Å². The van der Waals surface area contributed by atoms with E-state index in [2.05, 4.69) is 0 Å². The lowest BCUT2D eigenvalue weighted by molar-refractivity contribution is -0.240. The van der Waals surface area contributed by atoms with E-state index in [1.807, 2.05) is 0 Å². The zero-order valence-electron chi connectivity index (χ0n) is 24.4. The summed E-state index contributed by atoms with van der Waals surface area (Å²) in [5.74, 6) is -12.2. The van der Waals surface area contributed by atoms with Crippen molar-refractivity contribution in [3.8, 4) is 5.75 Å². The topological polar surface area (TPSA) is 172 Å². The molecule has 222 valence electrons. The summed E-state index contributed by atoms with van der Waals surface area (Å²) in [5.41, 5.74) is -6.21. The molecule has 41 heavy (non-hydrogen) atoms. The number of phenols is 1. The number of hydrogen-bond donors (Lipinski definition) is 3. The lowest BCUT2D eigenvalue weighted by Gasteiger charge is -2.65. The van der Waals surface area contributed by atoms with Crippen molar-refractivity contribution < 1.29 is 48.8 Å². The van der Waals surface area contributed by atoms with Gasteiger partial charge in [0.05, 0.1) is 24.2 Å². The Balaban J connectivity index is 1.94. The number of esters is 1. The Morgan fingerprint density at radius 3 is 2.22 bits per heavy atom. The van der Waals surface area contributed by atoms with Gasteiger partial charge in [-0.1, -0.05) is 46.8 Å². The van der Waals surface area contributed by atoms with E-state index in [1.54, 1.807) is 39.8 Å². The average molecular weight is 571 g/mol. The maximum atomic E-state index is 14.4. The van der Waals surface area contributed by atoms with Gasteiger partial charge in [-0.2, -0.15) is 0 Å². The molecule has 10 nitrogen and oxygen atoms in total. The molecule has 3 aliphatic carbocycles. The van der Waals surface area contributed by atoms with Crippen LogP contribution in [0.3, 0.4) is 0 Å². The first kappa shape index (κ1) is 30.7. The number of aliphatic hydroxyl groups excluding tert-OH is 1. The van der Waals surface area contributed by atoms with Crippen molar-refractivity contribution in [3.63, 3.8) is 0 Å². The predicted molar refractivity (Wildman–Crippen MR) is 144 cm³/mol. The number of Topliss-reactive ketones (excluding diaryl/α,β-unsaturated/α-hetero) is 5. The quantitative estimate of drug-likeness (QED) is 0.340. The first-order valence-electron chi connectivity index (χ1n) is 14.0. The number of aliphatic hydroxyl groups is 2. The SMILES string of the molecule is CCOC(=O)CCc1ccc2c(c1O)C(=O)C1C(=O)[C@@]3(O)C(=O)C(C(C)=O)C(=O)C(C(C)C)[C@@]3(C)[C@H](O)[C@@]1(C)[C@@H]2C. The van der Waals surface area contributed by atoms with Crippen LogP contribution in [0.1, 0.15) is 82.3 Å². The van der Waals surface area contributed by atoms with Crippen LogP contribution in [0.2, 0.25) is 0 Å². The normalized spacial score (nSPS) is 36.5. The number of benzene rings is 1. The van der Waals surface area contributed by atoms with Gasteiger partial charge in [-0.25, -0.2) is 0 Å². The Labute approximate surface area is 238 Å². The highest BCUT2D eigenvalue weighted by molar-refractivity contribution is 6.33. The smallest absolute Gasteiger partial charge is 0.306 e. The molecule has 0 aromatic heterocycles. The Morgan fingerprint density at radius 1 is 1.07 bits per heavy atom. The van der Waals surface area contributed by atoms with Gasteiger partial charge in [0.15, 0.2) is 28.7 Å². The van der Waals surface area contributed by atoms with E-state index in [1.165, 1.54) is 13.8 Å². The van der Waals surface area contributed by atoms with E-state index in [4.69, 9.17) is 4.74 Å². The number of ketones is 5. The van der Waals surface area contributed by atoms with Crippen LogP contribution in [0, 0.1) is 34.5 Å². The summed E-state index contributed by atoms with van der Waals surface area (Å²) in [6.45, 7) is 10.7. The maximum absolute atomic E-state index is 14.4. The Morgan fingerprint density at radius 2 is 1.68 bits per heavy atom. The molecular weight excluding hydrogens is 532 g/mol. The number of aromatic hydroxyl groups is 1. The van der Waals surface area contributed by atoms with Crippen molar-refractivity contribution in [2.75, 3.05) is 6.61 Å². The number of hydrogen-bond acceptors (Lipinski definition) is 10. The van der Waals surface area contributed by atoms with Crippen LogP contribution in [-0.4, -0.2) is 68.5 Å². The third-order valence-electron chi connectivity index (χ3n) is 10.2. The van der Waals surface area contributed by atoms with Crippen LogP contribution >= 0.6 is 0 Å². The summed E-state index contributed by atoms with van der Waals surface area (Å²) in [7, 11) is 0. The fourth-order valence-corrected chi connectivity index (χ4v) is 8.07. The molecule has 0 heterocycles. The molecule has 3 unspecified atom stereocenters. The van der Waals surface area contributed by atoms with Gasteiger partial charge in [-0.15, -0.1) is 0 Å². The second-order valence-corrected chi connectivity index (χ2v) is 12.5. The molecule has 1 aromatic carbocycles. The molecule has 3 aliphatic rings. The first-order valence-corrected chi connectivity index (χ1v) is 14.0. The van der Waals surface area contributed by atoms with E-state index in [0.29, 0.717) is 5.56 Å². The van der Waals surface area contributed by atoms with Crippen LogP contribution in [0.25, 0.3) is 0 Å². The van der Waals surface area contributed by atoms with E-state index in [9.17, 15) is 44.1 Å². The summed E-state index contributed by atoms with van der Waals surface area (Å²) >= 11 is 0. The molecule has 0 spiro atoms. The highest BCUT2D eigenvalue weighted by Gasteiger charge is 2.80. The van der Waals surface area contributed by atoms with Gasteiger partial charge in [-0.05, 0) is 43.2 Å². The van der Waals surface area contributed by atoms with Crippen molar-refractivity contribution in [3.05, 3.63) is 28.8 Å². The standard InChI is InChI=1S/C31H38O10/c1-8-41-18(33)12-10-16-9-11-17-14(4)29(6)22(25(36)20(17)23(16)34)27(38)31(40)26(37)19(15(5)32)24(35)21(13(2)3)30(31,7)28(29)39/h9,11,13-14,19,21-22,28,34,39-40H,8,10,12H2,1-7H3/t14-,19?,21?,22?,28-,29+,30+,31+/m1/s1. The number of ether oxygens (including phenoxy) is 1. The number of carbonyl (C=O) groups excluding carboxylic acids is 6. The van der Waals surface area contributed by atoms with Crippen molar-refractivity contribution >= 4 is 34.9 Å². The van der Waals surface area contributed by atoms with Gasteiger partial charge in [0.2, 0.25) is 0 Å². The average Bonchev–Trinajstić information content (AvgIpc) is 2.88. The molecule has 10 heteroatoms. The Kier molecular flexibility index (Phi) is 7.45. The maximum Gasteiger partial charge on any atom is 0.306 e. The second-order valence-electron chi connectivity index (χ2n) is 12.5. The van der Waals surface area contributed by atoms with E-state index in [-0.39, 0.29) is 30.6 Å². The highest BCUT2D eigenvalue weighted by atomic mass is 16.5. The van der Waals surface area contributed by atoms with Gasteiger partial charge < -0.3 is 20.1 Å². The van der Waals surface area contributed by atoms with Crippen molar-refractivity contribution in [2.45, 2.75) is 78.9 Å². The molecule has 0 saturated heterocycles. The van der Waals surface area contributed by atoms with Gasteiger partial charge in [0.1, 0.15) is 17.5 Å². The molecule has 0 bridgehead atoms. The number of fused-ring (bicyclic) bond motifs is 3. The van der Waals surface area contributed by atoms with Gasteiger partial charge >= 0.3 is 5.97 Å². The molecule has 3 N–H and O–H groups in total.